The number of allylic oxidation sites excluding steroid dienone is 3. The molecule has 2 aliphatic carbocycles. The number of carbonyl (C=O) groups is 4. The molecule has 4 aliphatic rings. The van der Waals surface area contributed by atoms with Crippen molar-refractivity contribution >= 4 is 52.5 Å². The third-order valence-electron chi connectivity index (χ3n) is 9.59. The zero-order valence-electron chi connectivity index (χ0n) is 24.1. The first-order valence-electron chi connectivity index (χ1n) is 14.4. The predicted molar refractivity (Wildman–Crippen MR) is 155 cm³/mol. The average molecular weight is 683 g/mol. The number of nitrogens with zero attached hydrogens (tertiary/aromatic N) is 2. The first kappa shape index (κ1) is 32.2. The Kier molecular flexibility index (Phi) is 7.63. The van der Waals surface area contributed by atoms with E-state index >= 15 is 8.78 Å². The summed E-state index contributed by atoms with van der Waals surface area (Å²) in [6.07, 6.45) is 3.08. The molecule has 46 heavy (non-hydrogen) atoms. The minimum Gasteiger partial charge on any atom is -0.507 e. The van der Waals surface area contributed by atoms with Gasteiger partial charge in [0.1, 0.15) is 11.4 Å². The second-order valence-electron chi connectivity index (χ2n) is 11.9. The van der Waals surface area contributed by atoms with Crippen molar-refractivity contribution in [3.05, 3.63) is 82.7 Å². The third-order valence-corrected chi connectivity index (χ3v) is 11.0. The first-order chi connectivity index (χ1) is 21.7. The Balaban J connectivity index is 1.62. The molecule has 1 saturated carbocycles. The summed E-state index contributed by atoms with van der Waals surface area (Å²) in [5, 5.41) is 11.4. The van der Waals surface area contributed by atoms with Gasteiger partial charge in [-0.2, -0.15) is 0 Å². The molecule has 2 aliphatic heterocycles. The number of amides is 4. The highest BCUT2D eigenvalue weighted by Gasteiger charge is 2.77. The molecule has 2 saturated heterocycles. The van der Waals surface area contributed by atoms with Gasteiger partial charge in [-0.3, -0.25) is 24.1 Å². The van der Waals surface area contributed by atoms with E-state index < -0.39 is 98.2 Å². The van der Waals surface area contributed by atoms with Crippen LogP contribution in [0.2, 0.25) is 0 Å². The van der Waals surface area contributed by atoms with Gasteiger partial charge in [0.2, 0.25) is 17.6 Å². The standard InChI is InChI=1S/C32H25Cl2F5N2O5/c1-3-6-13-7-5-8-16(26(13)42)19-14-9-10-15-18(28(44)40(11-4-2)27(15)43)17(14)12-31(33)29(45)41(30(46)32(19,31)34)25-23(38)21(36)20(35)22(37)24(25)39/h3,5,7-9,15,17-19,42H,1,4,6,10-12H2,2H3/t15-,17+,18-,19+,31+,32-/m0/s1. The molecule has 14 heteroatoms. The molecule has 6 rings (SSSR count). The number of phenolic OH excluding ortho intramolecular Hbond substituents is 1. The molecular formula is C32H25Cl2F5N2O5. The quantitative estimate of drug-likeness (QED) is 0.104. The number of hydrogen-bond donors (Lipinski definition) is 1. The SMILES string of the molecule is C=CCc1cccc([C@H]2C3=CC[C@@H]4C(=O)N(CCC)C(=O)[C@@H]4[C@@H]3C[C@@]3(Cl)C(=O)N(c4c(F)c(F)c(F)c(F)c4F)C(=O)[C@@]23Cl)c1O. The number of likely N-dealkylation sites (tertiary alicyclic amines) is 1. The van der Waals surface area contributed by atoms with Crippen molar-refractivity contribution in [2.45, 2.75) is 48.3 Å². The summed E-state index contributed by atoms with van der Waals surface area (Å²) in [4.78, 5) is 51.0. The number of carbonyl (C=O) groups excluding carboxylic acids is 4. The highest BCUT2D eigenvalue weighted by Crippen LogP contribution is 2.66. The monoisotopic (exact) mass is 682 g/mol. The van der Waals surface area contributed by atoms with Crippen LogP contribution in [0, 0.1) is 46.8 Å². The minimum atomic E-state index is -2.71. The lowest BCUT2D eigenvalue weighted by Gasteiger charge is -2.50. The maximum absolute atomic E-state index is 15.1. The summed E-state index contributed by atoms with van der Waals surface area (Å²) in [5.74, 6) is -21.3. The number of halogens is 7. The number of aromatic hydroxyl groups is 1. The summed E-state index contributed by atoms with van der Waals surface area (Å²) in [7, 11) is 0. The van der Waals surface area contributed by atoms with Crippen LogP contribution in [0.1, 0.15) is 43.2 Å². The van der Waals surface area contributed by atoms with E-state index in [1.54, 1.807) is 19.1 Å². The van der Waals surface area contributed by atoms with Crippen LogP contribution >= 0.6 is 23.2 Å². The average Bonchev–Trinajstić information content (AvgIpc) is 3.35. The van der Waals surface area contributed by atoms with Gasteiger partial charge in [-0.1, -0.05) is 42.8 Å². The van der Waals surface area contributed by atoms with Gasteiger partial charge in [-0.25, -0.2) is 26.9 Å². The van der Waals surface area contributed by atoms with E-state index in [2.05, 4.69) is 6.58 Å². The second-order valence-corrected chi connectivity index (χ2v) is 13.1. The Morgan fingerprint density at radius 1 is 0.957 bits per heavy atom. The molecule has 0 unspecified atom stereocenters. The second kappa shape index (κ2) is 10.9. The van der Waals surface area contributed by atoms with E-state index in [0.717, 1.165) is 4.90 Å². The molecule has 3 fully saturated rings. The van der Waals surface area contributed by atoms with Gasteiger partial charge in [0.25, 0.3) is 11.8 Å². The van der Waals surface area contributed by atoms with Gasteiger partial charge in [-0.15, -0.1) is 29.8 Å². The molecule has 2 heterocycles. The highest BCUT2D eigenvalue weighted by molar-refractivity contribution is 6.58. The van der Waals surface area contributed by atoms with Gasteiger partial charge in [-0.05, 0) is 37.2 Å². The lowest BCUT2D eigenvalue weighted by molar-refractivity contribution is -0.140. The van der Waals surface area contributed by atoms with Gasteiger partial charge in [0, 0.05) is 18.0 Å². The van der Waals surface area contributed by atoms with Crippen molar-refractivity contribution in [3.63, 3.8) is 0 Å². The Bertz CT molecular complexity index is 1770. The maximum atomic E-state index is 15.1. The fourth-order valence-electron chi connectivity index (χ4n) is 7.59. The summed E-state index contributed by atoms with van der Waals surface area (Å²) >= 11 is 14.2. The number of phenols is 1. The van der Waals surface area contributed by atoms with E-state index in [1.807, 2.05) is 0 Å². The van der Waals surface area contributed by atoms with E-state index in [-0.39, 0.29) is 41.2 Å². The Morgan fingerprint density at radius 2 is 1.59 bits per heavy atom. The highest BCUT2D eigenvalue weighted by atomic mass is 35.5. The lowest BCUT2D eigenvalue weighted by Crippen LogP contribution is -2.60. The fraction of sp³-hybridized carbons (Fsp3) is 0.375. The van der Waals surface area contributed by atoms with E-state index in [4.69, 9.17) is 23.2 Å². The molecule has 0 bridgehead atoms. The van der Waals surface area contributed by atoms with Gasteiger partial charge < -0.3 is 5.11 Å². The number of rotatable bonds is 6. The molecule has 2 aromatic rings. The van der Waals surface area contributed by atoms with E-state index in [1.165, 1.54) is 18.2 Å². The van der Waals surface area contributed by atoms with Crippen molar-refractivity contribution in [3.8, 4) is 5.75 Å². The van der Waals surface area contributed by atoms with Crippen LogP contribution in [-0.2, 0) is 25.6 Å². The maximum Gasteiger partial charge on any atom is 0.258 e. The summed E-state index contributed by atoms with van der Waals surface area (Å²) in [6.45, 7) is 5.55. The lowest BCUT2D eigenvalue weighted by atomic mass is 9.56. The van der Waals surface area contributed by atoms with Crippen molar-refractivity contribution in [2.24, 2.45) is 17.8 Å². The minimum absolute atomic E-state index is 0.0244. The number of fused-ring (bicyclic) bond motifs is 4. The molecule has 0 aromatic heterocycles. The van der Waals surface area contributed by atoms with Crippen LogP contribution < -0.4 is 4.90 Å². The van der Waals surface area contributed by atoms with Crippen molar-refractivity contribution in [2.75, 3.05) is 11.4 Å². The zero-order valence-corrected chi connectivity index (χ0v) is 25.6. The van der Waals surface area contributed by atoms with Crippen LogP contribution in [0.4, 0.5) is 27.6 Å². The topological polar surface area (TPSA) is 95.0 Å². The predicted octanol–water partition coefficient (Wildman–Crippen LogP) is 5.79. The van der Waals surface area contributed by atoms with Gasteiger partial charge >= 0.3 is 0 Å². The van der Waals surface area contributed by atoms with Crippen LogP contribution in [0.5, 0.6) is 5.75 Å². The number of anilines is 1. The van der Waals surface area contributed by atoms with Crippen molar-refractivity contribution in [1.82, 2.24) is 4.90 Å². The number of benzene rings is 2. The van der Waals surface area contributed by atoms with E-state index in [9.17, 15) is 37.5 Å². The van der Waals surface area contributed by atoms with Gasteiger partial charge in [0.15, 0.2) is 33.0 Å². The molecule has 242 valence electrons. The summed E-state index contributed by atoms with van der Waals surface area (Å²) in [5.41, 5.74) is -1.32. The van der Waals surface area contributed by atoms with Gasteiger partial charge in [0.05, 0.1) is 11.8 Å². The largest absolute Gasteiger partial charge is 0.507 e. The summed E-state index contributed by atoms with van der Waals surface area (Å²) in [6, 6.07) is 4.44. The van der Waals surface area contributed by atoms with Crippen molar-refractivity contribution in [1.29, 1.82) is 0 Å². The number of imide groups is 2. The Labute approximate surface area is 269 Å². The molecule has 4 amide bonds. The molecule has 2 aromatic carbocycles. The van der Waals surface area contributed by atoms with Crippen molar-refractivity contribution < 1.29 is 46.2 Å². The first-order valence-corrected chi connectivity index (χ1v) is 15.2. The zero-order chi connectivity index (χ0) is 33.6. The third kappa shape index (κ3) is 3.95. The number of alkyl halides is 2. The number of hydrogen-bond acceptors (Lipinski definition) is 5. The molecule has 6 atom stereocenters. The molecule has 7 nitrogen and oxygen atoms in total. The van der Waals surface area contributed by atoms with Crippen LogP contribution in [-0.4, -0.2) is 49.9 Å². The van der Waals surface area contributed by atoms with Crippen LogP contribution in [0.15, 0.2) is 42.5 Å². The molecule has 1 N–H and O–H groups in total. The van der Waals surface area contributed by atoms with Crippen LogP contribution in [0.25, 0.3) is 0 Å². The number of para-hydroxylation sites is 1. The molecular weight excluding hydrogens is 658 g/mol. The summed E-state index contributed by atoms with van der Waals surface area (Å²) < 4.78 is 72.9. The molecule has 0 spiro atoms. The molecule has 0 radical (unpaired) electrons. The normalized spacial score (nSPS) is 30.4. The van der Waals surface area contributed by atoms with Crippen LogP contribution in [0.3, 0.4) is 0 Å². The Hall–Kier alpha value is -3.77. The Morgan fingerprint density at radius 3 is 2.20 bits per heavy atom. The fourth-order valence-corrected chi connectivity index (χ4v) is 8.51. The van der Waals surface area contributed by atoms with E-state index in [0.29, 0.717) is 12.0 Å². The smallest absolute Gasteiger partial charge is 0.258 e.